The van der Waals surface area contributed by atoms with Crippen LogP contribution in [0.25, 0.3) is 0 Å². The Morgan fingerprint density at radius 2 is 1.96 bits per heavy atom. The van der Waals surface area contributed by atoms with Crippen LogP contribution in [0.4, 0.5) is 0 Å². The fourth-order valence-electron chi connectivity index (χ4n) is 2.39. The Kier molecular flexibility index (Phi) is 4.86. The maximum Gasteiger partial charge on any atom is 0.251 e. The zero-order chi connectivity index (χ0) is 16.8. The normalized spacial score (nSPS) is 10.4. The van der Waals surface area contributed by atoms with E-state index in [1.165, 1.54) is 6.33 Å². The summed E-state index contributed by atoms with van der Waals surface area (Å²) < 4.78 is 7.02. The minimum absolute atomic E-state index is 0.117. The largest absolute Gasteiger partial charge is 0.496 e. The van der Waals surface area contributed by atoms with Gasteiger partial charge in [-0.05, 0) is 23.8 Å². The third-order valence-electron chi connectivity index (χ3n) is 3.66. The number of amides is 1. The predicted molar refractivity (Wildman–Crippen MR) is 89.7 cm³/mol. The van der Waals surface area contributed by atoms with Crippen LogP contribution in [0.5, 0.6) is 5.75 Å². The molecule has 24 heavy (non-hydrogen) atoms. The zero-order valence-corrected chi connectivity index (χ0v) is 13.3. The van der Waals surface area contributed by atoms with E-state index in [2.05, 4.69) is 15.4 Å². The van der Waals surface area contributed by atoms with Gasteiger partial charge in [0.05, 0.1) is 13.7 Å². The second-order valence-corrected chi connectivity index (χ2v) is 5.28. The average molecular weight is 322 g/mol. The molecule has 1 heterocycles. The molecule has 122 valence electrons. The molecule has 1 aromatic heterocycles. The van der Waals surface area contributed by atoms with Crippen LogP contribution in [0.15, 0.2) is 61.2 Å². The van der Waals surface area contributed by atoms with E-state index in [1.807, 2.05) is 48.5 Å². The molecule has 0 saturated carbocycles. The van der Waals surface area contributed by atoms with Gasteiger partial charge in [0.1, 0.15) is 18.4 Å². The fraction of sp³-hybridized carbons (Fsp3) is 0.167. The highest BCUT2D eigenvalue weighted by Crippen LogP contribution is 2.17. The van der Waals surface area contributed by atoms with Crippen molar-refractivity contribution in [2.75, 3.05) is 7.11 Å². The van der Waals surface area contributed by atoms with Gasteiger partial charge >= 0.3 is 0 Å². The maximum atomic E-state index is 12.3. The molecule has 0 unspecified atom stereocenters. The minimum atomic E-state index is -0.117. The highest BCUT2D eigenvalue weighted by Gasteiger charge is 2.07. The van der Waals surface area contributed by atoms with E-state index in [-0.39, 0.29) is 5.91 Å². The van der Waals surface area contributed by atoms with Crippen LogP contribution < -0.4 is 10.1 Å². The van der Waals surface area contributed by atoms with E-state index in [1.54, 1.807) is 18.1 Å². The summed E-state index contributed by atoms with van der Waals surface area (Å²) in [7, 11) is 1.62. The molecule has 2 aromatic carbocycles. The standard InChI is InChI=1S/C18H18N4O2/c1-24-17-5-3-2-4-16(17)10-20-18(23)15-8-6-14(7-9-15)11-22-13-19-12-21-22/h2-9,12-13H,10-11H2,1H3,(H,20,23). The molecular formula is C18H18N4O2. The summed E-state index contributed by atoms with van der Waals surface area (Å²) in [6.45, 7) is 1.05. The molecule has 0 bridgehead atoms. The van der Waals surface area contributed by atoms with Crippen LogP contribution in [-0.4, -0.2) is 27.8 Å². The Morgan fingerprint density at radius 1 is 1.17 bits per heavy atom. The van der Waals surface area contributed by atoms with Crippen molar-refractivity contribution in [2.24, 2.45) is 0 Å². The predicted octanol–water partition coefficient (Wildman–Crippen LogP) is 2.26. The summed E-state index contributed by atoms with van der Waals surface area (Å²) in [5.41, 5.74) is 2.62. The van der Waals surface area contributed by atoms with Gasteiger partial charge in [0.15, 0.2) is 0 Å². The maximum absolute atomic E-state index is 12.3. The molecule has 1 amide bonds. The van der Waals surface area contributed by atoms with Crippen molar-refractivity contribution in [1.29, 1.82) is 0 Å². The van der Waals surface area contributed by atoms with Gasteiger partial charge in [0, 0.05) is 17.7 Å². The highest BCUT2D eigenvalue weighted by molar-refractivity contribution is 5.94. The SMILES string of the molecule is COc1ccccc1CNC(=O)c1ccc(Cn2cncn2)cc1. The van der Waals surface area contributed by atoms with Crippen LogP contribution in [0.1, 0.15) is 21.5 Å². The smallest absolute Gasteiger partial charge is 0.251 e. The van der Waals surface area contributed by atoms with Crippen molar-refractivity contribution < 1.29 is 9.53 Å². The Morgan fingerprint density at radius 3 is 2.67 bits per heavy atom. The molecule has 0 saturated heterocycles. The number of carbonyl (C=O) groups excluding carboxylic acids is 1. The molecule has 0 spiro atoms. The number of rotatable bonds is 6. The van der Waals surface area contributed by atoms with Gasteiger partial charge in [-0.3, -0.25) is 4.79 Å². The van der Waals surface area contributed by atoms with Crippen molar-refractivity contribution >= 4 is 5.91 Å². The van der Waals surface area contributed by atoms with E-state index in [4.69, 9.17) is 4.74 Å². The number of hydrogen-bond acceptors (Lipinski definition) is 4. The Bertz CT molecular complexity index is 798. The average Bonchev–Trinajstić information content (AvgIpc) is 3.13. The summed E-state index contributed by atoms with van der Waals surface area (Å²) in [6.07, 6.45) is 3.16. The van der Waals surface area contributed by atoms with Gasteiger partial charge in [-0.2, -0.15) is 5.10 Å². The molecule has 0 aliphatic rings. The summed E-state index contributed by atoms with van der Waals surface area (Å²) in [5, 5.41) is 6.97. The fourth-order valence-corrected chi connectivity index (χ4v) is 2.39. The summed E-state index contributed by atoms with van der Waals surface area (Å²) in [4.78, 5) is 16.2. The van der Waals surface area contributed by atoms with Gasteiger partial charge in [-0.25, -0.2) is 9.67 Å². The molecule has 0 aliphatic carbocycles. The van der Waals surface area contributed by atoms with Crippen molar-refractivity contribution in [3.63, 3.8) is 0 Å². The third kappa shape index (κ3) is 3.78. The number of hydrogen-bond donors (Lipinski definition) is 1. The van der Waals surface area contributed by atoms with Crippen LogP contribution in [0, 0.1) is 0 Å². The van der Waals surface area contributed by atoms with E-state index in [0.717, 1.165) is 16.9 Å². The first kappa shape index (κ1) is 15.7. The van der Waals surface area contributed by atoms with Crippen LogP contribution in [0.3, 0.4) is 0 Å². The molecule has 0 aliphatic heterocycles. The number of carbonyl (C=O) groups is 1. The Balaban J connectivity index is 1.60. The molecule has 6 heteroatoms. The first-order valence-electron chi connectivity index (χ1n) is 7.57. The molecule has 6 nitrogen and oxygen atoms in total. The van der Waals surface area contributed by atoms with Crippen molar-refractivity contribution in [3.05, 3.63) is 77.9 Å². The number of benzene rings is 2. The van der Waals surface area contributed by atoms with E-state index >= 15 is 0 Å². The van der Waals surface area contributed by atoms with Crippen molar-refractivity contribution in [1.82, 2.24) is 20.1 Å². The van der Waals surface area contributed by atoms with Crippen LogP contribution in [0.2, 0.25) is 0 Å². The lowest BCUT2D eigenvalue weighted by Crippen LogP contribution is -2.23. The van der Waals surface area contributed by atoms with Gasteiger partial charge in [-0.1, -0.05) is 30.3 Å². The quantitative estimate of drug-likeness (QED) is 0.756. The summed E-state index contributed by atoms with van der Waals surface area (Å²) in [6, 6.07) is 15.1. The Labute approximate surface area is 140 Å². The third-order valence-corrected chi connectivity index (χ3v) is 3.66. The monoisotopic (exact) mass is 322 g/mol. The number of nitrogens with one attached hydrogen (secondary N) is 1. The second-order valence-electron chi connectivity index (χ2n) is 5.28. The second kappa shape index (κ2) is 7.41. The van der Waals surface area contributed by atoms with Gasteiger partial charge < -0.3 is 10.1 Å². The molecule has 0 atom stereocenters. The molecule has 1 N–H and O–H groups in total. The Hall–Kier alpha value is -3.15. The van der Waals surface area contributed by atoms with E-state index in [9.17, 15) is 4.79 Å². The number of methoxy groups -OCH3 is 1. The first-order valence-corrected chi connectivity index (χ1v) is 7.57. The zero-order valence-electron chi connectivity index (χ0n) is 13.3. The summed E-state index contributed by atoms with van der Waals surface area (Å²) in [5.74, 6) is 0.647. The lowest BCUT2D eigenvalue weighted by molar-refractivity contribution is 0.0950. The topological polar surface area (TPSA) is 69.0 Å². The number of para-hydroxylation sites is 1. The summed E-state index contributed by atoms with van der Waals surface area (Å²) >= 11 is 0. The highest BCUT2D eigenvalue weighted by atomic mass is 16.5. The lowest BCUT2D eigenvalue weighted by Gasteiger charge is -2.10. The number of nitrogens with zero attached hydrogens (tertiary/aromatic N) is 3. The first-order chi connectivity index (χ1) is 11.8. The molecule has 0 fully saturated rings. The molecular weight excluding hydrogens is 304 g/mol. The van der Waals surface area contributed by atoms with E-state index in [0.29, 0.717) is 18.7 Å². The van der Waals surface area contributed by atoms with Gasteiger partial charge in [-0.15, -0.1) is 0 Å². The van der Waals surface area contributed by atoms with Crippen molar-refractivity contribution in [3.8, 4) is 5.75 Å². The van der Waals surface area contributed by atoms with Crippen LogP contribution >= 0.6 is 0 Å². The van der Waals surface area contributed by atoms with Crippen molar-refractivity contribution in [2.45, 2.75) is 13.1 Å². The van der Waals surface area contributed by atoms with E-state index < -0.39 is 0 Å². The molecule has 3 aromatic rings. The minimum Gasteiger partial charge on any atom is -0.496 e. The number of ether oxygens (including phenoxy) is 1. The molecule has 3 rings (SSSR count). The van der Waals surface area contributed by atoms with Gasteiger partial charge in [0.25, 0.3) is 5.91 Å². The number of aromatic nitrogens is 3. The lowest BCUT2D eigenvalue weighted by atomic mass is 10.1. The van der Waals surface area contributed by atoms with Gasteiger partial charge in [0.2, 0.25) is 0 Å². The van der Waals surface area contributed by atoms with Crippen LogP contribution in [-0.2, 0) is 13.1 Å². The molecule has 0 radical (unpaired) electrons.